The molecule has 2 amide bonds. The Labute approximate surface area is 129 Å². The molecule has 118 valence electrons. The van der Waals surface area contributed by atoms with Gasteiger partial charge in [-0.3, -0.25) is 14.5 Å². The van der Waals surface area contributed by atoms with Crippen LogP contribution in [0.3, 0.4) is 0 Å². The molecule has 0 radical (unpaired) electrons. The van der Waals surface area contributed by atoms with Crippen molar-refractivity contribution in [2.45, 2.75) is 18.9 Å². The average molecular weight is 305 g/mol. The molecule has 2 heterocycles. The summed E-state index contributed by atoms with van der Waals surface area (Å²) in [7, 11) is 0. The zero-order valence-electron chi connectivity index (χ0n) is 12.4. The molecule has 3 rings (SSSR count). The van der Waals surface area contributed by atoms with Gasteiger partial charge in [0.2, 0.25) is 5.91 Å². The zero-order chi connectivity index (χ0) is 15.5. The number of nitrogens with zero attached hydrogens (tertiary/aromatic N) is 2. The molecule has 0 aliphatic carbocycles. The van der Waals surface area contributed by atoms with Gasteiger partial charge in [-0.05, 0) is 24.6 Å². The Balaban J connectivity index is 1.51. The number of rotatable bonds is 3. The van der Waals surface area contributed by atoms with Crippen molar-refractivity contribution < 1.29 is 14.0 Å². The maximum absolute atomic E-state index is 13.2. The van der Waals surface area contributed by atoms with Crippen LogP contribution in [0.4, 0.5) is 4.39 Å². The number of carbonyl (C=O) groups excluding carboxylic acids is 2. The van der Waals surface area contributed by atoms with Crippen LogP contribution in [0.1, 0.15) is 23.2 Å². The van der Waals surface area contributed by atoms with E-state index in [4.69, 9.17) is 0 Å². The first-order valence-electron chi connectivity index (χ1n) is 7.68. The standard InChI is InChI=1S/C16H20FN3O2/c17-13-3-1-2-12(10-13)16(22)20-8-6-19(7-9-20)11-14-4-5-15(21)18-14/h1-3,10,14H,4-9,11H2,(H,18,21). The highest BCUT2D eigenvalue weighted by atomic mass is 19.1. The van der Waals surface area contributed by atoms with E-state index in [1.165, 1.54) is 12.1 Å². The van der Waals surface area contributed by atoms with Crippen molar-refractivity contribution in [3.63, 3.8) is 0 Å². The summed E-state index contributed by atoms with van der Waals surface area (Å²) in [6.45, 7) is 3.68. The van der Waals surface area contributed by atoms with E-state index in [0.29, 0.717) is 25.1 Å². The first-order valence-corrected chi connectivity index (χ1v) is 7.68. The van der Waals surface area contributed by atoms with E-state index < -0.39 is 0 Å². The number of nitrogens with one attached hydrogen (secondary N) is 1. The van der Waals surface area contributed by atoms with Gasteiger partial charge in [0.1, 0.15) is 5.82 Å². The van der Waals surface area contributed by atoms with E-state index in [2.05, 4.69) is 10.2 Å². The minimum Gasteiger partial charge on any atom is -0.352 e. The Kier molecular flexibility index (Phi) is 4.38. The van der Waals surface area contributed by atoms with Gasteiger partial charge in [0.25, 0.3) is 5.91 Å². The molecule has 2 aliphatic rings. The molecule has 1 atom stereocenters. The predicted molar refractivity (Wildman–Crippen MR) is 79.9 cm³/mol. The molecule has 6 heteroatoms. The summed E-state index contributed by atoms with van der Waals surface area (Å²) in [6.07, 6.45) is 1.50. The van der Waals surface area contributed by atoms with Crippen LogP contribution in [-0.4, -0.2) is 60.4 Å². The second kappa shape index (κ2) is 6.44. The van der Waals surface area contributed by atoms with Crippen LogP contribution in [0, 0.1) is 5.82 Å². The fraction of sp³-hybridized carbons (Fsp3) is 0.500. The van der Waals surface area contributed by atoms with Crippen molar-refractivity contribution in [2.24, 2.45) is 0 Å². The Hall–Kier alpha value is -1.95. The quantitative estimate of drug-likeness (QED) is 0.901. The first-order chi connectivity index (χ1) is 10.6. The zero-order valence-corrected chi connectivity index (χ0v) is 12.4. The van der Waals surface area contributed by atoms with Gasteiger partial charge in [-0.2, -0.15) is 0 Å². The summed E-state index contributed by atoms with van der Waals surface area (Å²) in [6, 6.07) is 6.05. The second-order valence-electron chi connectivity index (χ2n) is 5.91. The molecule has 2 saturated heterocycles. The van der Waals surface area contributed by atoms with Gasteiger partial charge in [-0.15, -0.1) is 0 Å². The molecule has 0 bridgehead atoms. The summed E-state index contributed by atoms with van der Waals surface area (Å²) in [5.41, 5.74) is 0.400. The molecule has 2 fully saturated rings. The van der Waals surface area contributed by atoms with Gasteiger partial charge in [0, 0.05) is 50.7 Å². The van der Waals surface area contributed by atoms with E-state index in [1.54, 1.807) is 17.0 Å². The van der Waals surface area contributed by atoms with Crippen LogP contribution in [-0.2, 0) is 4.79 Å². The molecule has 22 heavy (non-hydrogen) atoms. The number of halogens is 1. The highest BCUT2D eigenvalue weighted by Crippen LogP contribution is 2.13. The molecule has 2 aliphatic heterocycles. The highest BCUT2D eigenvalue weighted by Gasteiger charge is 2.26. The summed E-state index contributed by atoms with van der Waals surface area (Å²) < 4.78 is 13.2. The fourth-order valence-corrected chi connectivity index (χ4v) is 3.06. The van der Waals surface area contributed by atoms with Crippen molar-refractivity contribution in [3.05, 3.63) is 35.6 Å². The maximum Gasteiger partial charge on any atom is 0.254 e. The average Bonchev–Trinajstić information content (AvgIpc) is 2.92. The number of piperazine rings is 1. The Morgan fingerprint density at radius 3 is 2.68 bits per heavy atom. The minimum absolute atomic E-state index is 0.117. The Morgan fingerprint density at radius 1 is 1.27 bits per heavy atom. The monoisotopic (exact) mass is 305 g/mol. The van der Waals surface area contributed by atoms with Gasteiger partial charge in [0.05, 0.1) is 0 Å². The third-order valence-electron chi connectivity index (χ3n) is 4.29. The fourth-order valence-electron chi connectivity index (χ4n) is 3.06. The van der Waals surface area contributed by atoms with Crippen molar-refractivity contribution in [3.8, 4) is 0 Å². The van der Waals surface area contributed by atoms with Crippen LogP contribution in [0.2, 0.25) is 0 Å². The van der Waals surface area contributed by atoms with E-state index in [-0.39, 0.29) is 23.7 Å². The third-order valence-corrected chi connectivity index (χ3v) is 4.29. The van der Waals surface area contributed by atoms with Crippen molar-refractivity contribution in [2.75, 3.05) is 32.7 Å². The molecule has 0 spiro atoms. The number of hydrogen-bond acceptors (Lipinski definition) is 3. The summed E-state index contributed by atoms with van der Waals surface area (Å²) in [4.78, 5) is 27.6. The van der Waals surface area contributed by atoms with Gasteiger partial charge in [-0.25, -0.2) is 4.39 Å². The van der Waals surface area contributed by atoms with Crippen LogP contribution in [0.15, 0.2) is 24.3 Å². The third kappa shape index (κ3) is 3.44. The molecule has 0 aromatic heterocycles. The van der Waals surface area contributed by atoms with Gasteiger partial charge in [-0.1, -0.05) is 6.07 Å². The summed E-state index contributed by atoms with van der Waals surface area (Å²) >= 11 is 0. The molecule has 1 unspecified atom stereocenters. The van der Waals surface area contributed by atoms with Gasteiger partial charge < -0.3 is 10.2 Å². The lowest BCUT2D eigenvalue weighted by Crippen LogP contribution is -2.51. The van der Waals surface area contributed by atoms with E-state index >= 15 is 0 Å². The summed E-state index contributed by atoms with van der Waals surface area (Å²) in [5.74, 6) is -0.375. The van der Waals surface area contributed by atoms with Crippen LogP contribution >= 0.6 is 0 Å². The van der Waals surface area contributed by atoms with E-state index in [1.807, 2.05) is 0 Å². The normalized spacial score (nSPS) is 22.7. The lowest BCUT2D eigenvalue weighted by atomic mass is 10.1. The van der Waals surface area contributed by atoms with E-state index in [0.717, 1.165) is 26.1 Å². The predicted octanol–water partition coefficient (Wildman–Crippen LogP) is 0.862. The maximum atomic E-state index is 13.2. The molecule has 1 aromatic rings. The van der Waals surface area contributed by atoms with Crippen molar-refractivity contribution in [1.29, 1.82) is 0 Å². The van der Waals surface area contributed by atoms with Crippen molar-refractivity contribution in [1.82, 2.24) is 15.1 Å². The largest absolute Gasteiger partial charge is 0.352 e. The highest BCUT2D eigenvalue weighted by molar-refractivity contribution is 5.94. The molecule has 1 N–H and O–H groups in total. The van der Waals surface area contributed by atoms with Gasteiger partial charge >= 0.3 is 0 Å². The lowest BCUT2D eigenvalue weighted by molar-refractivity contribution is -0.119. The SMILES string of the molecule is O=C1CCC(CN2CCN(C(=O)c3cccc(F)c3)CC2)N1. The smallest absolute Gasteiger partial charge is 0.254 e. The number of benzene rings is 1. The topological polar surface area (TPSA) is 52.7 Å². The van der Waals surface area contributed by atoms with E-state index in [9.17, 15) is 14.0 Å². The van der Waals surface area contributed by atoms with Gasteiger partial charge in [0.15, 0.2) is 0 Å². The number of carbonyl (C=O) groups is 2. The Bertz CT molecular complexity index is 570. The Morgan fingerprint density at radius 2 is 2.05 bits per heavy atom. The molecular formula is C16H20FN3O2. The lowest BCUT2D eigenvalue weighted by Gasteiger charge is -2.35. The first kappa shape index (κ1) is 15.0. The molecule has 0 saturated carbocycles. The second-order valence-corrected chi connectivity index (χ2v) is 5.91. The molecular weight excluding hydrogens is 285 g/mol. The molecule has 5 nitrogen and oxygen atoms in total. The summed E-state index contributed by atoms with van der Waals surface area (Å²) in [5, 5.41) is 2.96. The number of amides is 2. The minimum atomic E-state index is -0.388. The van der Waals surface area contributed by atoms with Crippen LogP contribution in [0.25, 0.3) is 0 Å². The van der Waals surface area contributed by atoms with Crippen LogP contribution < -0.4 is 5.32 Å². The molecule has 1 aromatic carbocycles. The van der Waals surface area contributed by atoms with Crippen molar-refractivity contribution >= 4 is 11.8 Å². The van der Waals surface area contributed by atoms with Crippen LogP contribution in [0.5, 0.6) is 0 Å². The number of hydrogen-bond donors (Lipinski definition) is 1.